The summed E-state index contributed by atoms with van der Waals surface area (Å²) in [5, 5.41) is 3.34. The molecule has 0 saturated heterocycles. The van der Waals surface area contributed by atoms with Gasteiger partial charge in [0.1, 0.15) is 36.7 Å². The molecule has 9 heteroatoms. The van der Waals surface area contributed by atoms with E-state index in [9.17, 15) is 19.2 Å². The minimum Gasteiger partial charge on any atom is -0.491 e. The number of para-hydroxylation sites is 2. The lowest BCUT2D eigenvalue weighted by Gasteiger charge is -2.30. The lowest BCUT2D eigenvalue weighted by molar-refractivity contribution is -0.137. The number of hydrogen-bond acceptors (Lipinski definition) is 5. The van der Waals surface area contributed by atoms with Gasteiger partial charge < -0.3 is 20.4 Å². The zero-order chi connectivity index (χ0) is 22.9. The van der Waals surface area contributed by atoms with Crippen LogP contribution in [0.5, 0.6) is 5.75 Å². The van der Waals surface area contributed by atoms with Gasteiger partial charge >= 0.3 is 0 Å². The molecule has 0 fully saturated rings. The molecule has 0 bridgehead atoms. The average molecular weight is 434 g/mol. The van der Waals surface area contributed by atoms with Gasteiger partial charge in [-0.1, -0.05) is 36.4 Å². The third-order valence-electron chi connectivity index (χ3n) is 5.40. The Morgan fingerprint density at radius 1 is 1.09 bits per heavy atom. The SMILES string of the molecule is CC(COc1ccccc1)(NC(=O)CN1C(=O)Cn2c(cc3ccccc32)C1=O)C(N)=O. The minimum atomic E-state index is -1.54. The molecule has 0 spiro atoms. The molecule has 3 aromatic rings. The summed E-state index contributed by atoms with van der Waals surface area (Å²) < 4.78 is 7.21. The average Bonchev–Trinajstić information content (AvgIpc) is 3.14. The Kier molecular flexibility index (Phi) is 5.40. The van der Waals surface area contributed by atoms with E-state index < -0.39 is 35.7 Å². The number of benzene rings is 2. The number of rotatable bonds is 7. The summed E-state index contributed by atoms with van der Waals surface area (Å²) in [5.74, 6) is -2.09. The quantitative estimate of drug-likeness (QED) is 0.538. The molecule has 1 aromatic heterocycles. The van der Waals surface area contributed by atoms with Crippen molar-refractivity contribution in [3.8, 4) is 5.75 Å². The maximum absolute atomic E-state index is 12.9. The first kappa shape index (κ1) is 21.1. The van der Waals surface area contributed by atoms with Crippen molar-refractivity contribution in [3.05, 3.63) is 66.4 Å². The topological polar surface area (TPSA) is 124 Å². The largest absolute Gasteiger partial charge is 0.491 e. The van der Waals surface area contributed by atoms with Crippen LogP contribution in [0, 0.1) is 0 Å². The first-order valence-electron chi connectivity index (χ1n) is 10.0. The van der Waals surface area contributed by atoms with E-state index in [1.54, 1.807) is 34.9 Å². The van der Waals surface area contributed by atoms with Gasteiger partial charge in [-0.3, -0.25) is 24.1 Å². The van der Waals surface area contributed by atoms with Crippen molar-refractivity contribution in [1.82, 2.24) is 14.8 Å². The second-order valence-electron chi connectivity index (χ2n) is 7.81. The second kappa shape index (κ2) is 8.18. The number of ether oxygens (including phenoxy) is 1. The number of imide groups is 1. The second-order valence-corrected chi connectivity index (χ2v) is 7.81. The molecule has 2 heterocycles. The number of nitrogens with two attached hydrogens (primary N) is 1. The summed E-state index contributed by atoms with van der Waals surface area (Å²) in [6, 6.07) is 17.8. The van der Waals surface area contributed by atoms with Crippen molar-refractivity contribution in [2.75, 3.05) is 13.2 Å². The maximum Gasteiger partial charge on any atom is 0.277 e. The van der Waals surface area contributed by atoms with Gasteiger partial charge in [-0.05, 0) is 31.2 Å². The van der Waals surface area contributed by atoms with E-state index in [2.05, 4.69) is 5.32 Å². The van der Waals surface area contributed by atoms with Crippen molar-refractivity contribution in [3.63, 3.8) is 0 Å². The van der Waals surface area contributed by atoms with Crippen molar-refractivity contribution in [1.29, 1.82) is 0 Å². The first-order chi connectivity index (χ1) is 15.3. The summed E-state index contributed by atoms with van der Waals surface area (Å²) in [7, 11) is 0. The number of nitrogens with one attached hydrogen (secondary N) is 1. The van der Waals surface area contributed by atoms with E-state index in [1.165, 1.54) is 6.92 Å². The molecule has 1 unspecified atom stereocenters. The molecule has 1 aliphatic rings. The number of fused-ring (bicyclic) bond motifs is 3. The predicted octanol–water partition coefficient (Wildman–Crippen LogP) is 1.06. The van der Waals surface area contributed by atoms with Crippen LogP contribution in [-0.2, 0) is 20.9 Å². The van der Waals surface area contributed by atoms with Gasteiger partial charge in [-0.25, -0.2) is 0 Å². The molecule has 4 amide bonds. The zero-order valence-electron chi connectivity index (χ0n) is 17.4. The van der Waals surface area contributed by atoms with Gasteiger partial charge in [0.2, 0.25) is 17.7 Å². The Balaban J connectivity index is 1.48. The Morgan fingerprint density at radius 2 is 1.78 bits per heavy atom. The summed E-state index contributed by atoms with van der Waals surface area (Å²) in [4.78, 5) is 51.2. The third-order valence-corrected chi connectivity index (χ3v) is 5.40. The number of nitrogens with zero attached hydrogens (tertiary/aromatic N) is 2. The molecule has 2 aromatic carbocycles. The van der Waals surface area contributed by atoms with Gasteiger partial charge in [-0.2, -0.15) is 0 Å². The first-order valence-corrected chi connectivity index (χ1v) is 10.0. The van der Waals surface area contributed by atoms with Gasteiger partial charge in [0, 0.05) is 10.9 Å². The molecule has 9 nitrogen and oxygen atoms in total. The highest BCUT2D eigenvalue weighted by Crippen LogP contribution is 2.24. The van der Waals surface area contributed by atoms with Crippen LogP contribution < -0.4 is 15.8 Å². The Morgan fingerprint density at radius 3 is 2.50 bits per heavy atom. The van der Waals surface area contributed by atoms with Crippen LogP contribution in [0.15, 0.2) is 60.7 Å². The van der Waals surface area contributed by atoms with Gasteiger partial charge in [0.15, 0.2) is 0 Å². The number of amides is 4. The van der Waals surface area contributed by atoms with E-state index >= 15 is 0 Å². The summed E-state index contributed by atoms with van der Waals surface area (Å²) >= 11 is 0. The molecule has 0 saturated carbocycles. The summed E-state index contributed by atoms with van der Waals surface area (Å²) in [6.45, 7) is 0.613. The van der Waals surface area contributed by atoms with Crippen molar-refractivity contribution >= 4 is 34.5 Å². The number of hydrogen-bond donors (Lipinski definition) is 2. The van der Waals surface area contributed by atoms with Gasteiger partial charge in [0.25, 0.3) is 5.91 Å². The molecule has 32 heavy (non-hydrogen) atoms. The predicted molar refractivity (Wildman–Crippen MR) is 116 cm³/mol. The smallest absolute Gasteiger partial charge is 0.277 e. The van der Waals surface area contributed by atoms with E-state index in [4.69, 9.17) is 10.5 Å². The molecule has 0 radical (unpaired) electrons. The van der Waals surface area contributed by atoms with E-state index in [1.807, 2.05) is 30.3 Å². The summed E-state index contributed by atoms with van der Waals surface area (Å²) in [6.07, 6.45) is 0. The molecule has 3 N–H and O–H groups in total. The molecule has 4 rings (SSSR count). The van der Waals surface area contributed by atoms with Crippen molar-refractivity contribution < 1.29 is 23.9 Å². The number of primary amides is 1. The van der Waals surface area contributed by atoms with Gasteiger partial charge in [-0.15, -0.1) is 0 Å². The Hall–Kier alpha value is -4.14. The molecular formula is C23H22N4O5. The van der Waals surface area contributed by atoms with Crippen LogP contribution in [0.3, 0.4) is 0 Å². The fourth-order valence-electron chi connectivity index (χ4n) is 3.59. The highest BCUT2D eigenvalue weighted by Gasteiger charge is 2.38. The molecular weight excluding hydrogens is 412 g/mol. The monoisotopic (exact) mass is 434 g/mol. The lowest BCUT2D eigenvalue weighted by Crippen LogP contribution is -2.61. The van der Waals surface area contributed by atoms with Crippen LogP contribution >= 0.6 is 0 Å². The standard InChI is InChI=1S/C23H22N4O5/c1-23(22(24)31,14-32-16-8-3-2-4-9-16)25-19(28)12-27-20(29)13-26-17-10-6-5-7-15(17)11-18(26)21(27)30/h2-11H,12-14H2,1H3,(H2,24,31)(H,25,28). The number of carbonyl (C=O) groups is 4. The van der Waals surface area contributed by atoms with Crippen LogP contribution in [-0.4, -0.2) is 51.8 Å². The summed E-state index contributed by atoms with van der Waals surface area (Å²) in [5.41, 5.74) is 5.05. The zero-order valence-corrected chi connectivity index (χ0v) is 17.4. The Labute approximate surface area is 183 Å². The van der Waals surface area contributed by atoms with Crippen LogP contribution in [0.1, 0.15) is 17.4 Å². The van der Waals surface area contributed by atoms with E-state index in [0.29, 0.717) is 11.4 Å². The fraction of sp³-hybridized carbons (Fsp3) is 0.217. The Bertz CT molecular complexity index is 1220. The van der Waals surface area contributed by atoms with Crippen LogP contribution in [0.25, 0.3) is 10.9 Å². The highest BCUT2D eigenvalue weighted by molar-refractivity contribution is 6.11. The molecule has 0 aliphatic carbocycles. The highest BCUT2D eigenvalue weighted by atomic mass is 16.5. The number of aromatic nitrogens is 1. The molecule has 164 valence electrons. The lowest BCUT2D eigenvalue weighted by atomic mass is 10.0. The molecule has 1 atom stereocenters. The van der Waals surface area contributed by atoms with E-state index in [0.717, 1.165) is 15.8 Å². The van der Waals surface area contributed by atoms with Crippen LogP contribution in [0.2, 0.25) is 0 Å². The third kappa shape index (κ3) is 3.92. The molecule has 1 aliphatic heterocycles. The van der Waals surface area contributed by atoms with Crippen LogP contribution in [0.4, 0.5) is 0 Å². The minimum absolute atomic E-state index is 0.0634. The van der Waals surface area contributed by atoms with E-state index in [-0.39, 0.29) is 13.2 Å². The normalized spacial score (nSPS) is 15.2. The van der Waals surface area contributed by atoms with Crippen molar-refractivity contribution in [2.45, 2.75) is 19.0 Å². The van der Waals surface area contributed by atoms with Gasteiger partial charge in [0.05, 0.1) is 0 Å². The maximum atomic E-state index is 12.9. The van der Waals surface area contributed by atoms with Crippen molar-refractivity contribution in [2.24, 2.45) is 5.73 Å². The fourth-order valence-corrected chi connectivity index (χ4v) is 3.59. The number of carbonyl (C=O) groups excluding carboxylic acids is 4.